The van der Waals surface area contributed by atoms with Gasteiger partial charge >= 0.3 is 5.97 Å². The maximum Gasteiger partial charge on any atom is 0.309 e. The summed E-state index contributed by atoms with van der Waals surface area (Å²) in [5.74, 6) is 2.03. The van der Waals surface area contributed by atoms with Gasteiger partial charge in [-0.2, -0.15) is 0 Å². The van der Waals surface area contributed by atoms with Gasteiger partial charge in [0, 0.05) is 5.92 Å². The van der Waals surface area contributed by atoms with Crippen molar-refractivity contribution in [2.24, 2.45) is 23.2 Å². The van der Waals surface area contributed by atoms with Gasteiger partial charge in [0.2, 0.25) is 0 Å². The Balaban J connectivity index is 0.000000195. The fourth-order valence-electron chi connectivity index (χ4n) is 3.93. The summed E-state index contributed by atoms with van der Waals surface area (Å²) in [7, 11) is 0. The van der Waals surface area contributed by atoms with E-state index in [4.69, 9.17) is 4.74 Å². The summed E-state index contributed by atoms with van der Waals surface area (Å²) >= 11 is 0. The molecule has 2 nitrogen and oxygen atoms in total. The number of hydrogen-bond acceptors (Lipinski definition) is 2. The molecule has 4 aliphatic rings. The van der Waals surface area contributed by atoms with Crippen molar-refractivity contribution >= 4 is 5.97 Å². The van der Waals surface area contributed by atoms with Crippen molar-refractivity contribution < 1.29 is 9.53 Å². The number of hydrogen-bond donors (Lipinski definition) is 0. The molecule has 1 aliphatic heterocycles. The first kappa shape index (κ1) is 11.0. The minimum atomic E-state index is 0.115. The molecule has 2 heteroatoms. The largest absolute Gasteiger partial charge is 0.462 e. The Morgan fingerprint density at radius 3 is 2.47 bits per heavy atom. The first-order valence-corrected chi connectivity index (χ1v) is 6.52. The quantitative estimate of drug-likeness (QED) is 0.574. The van der Waals surface area contributed by atoms with Crippen LogP contribution in [0.4, 0.5) is 0 Å². The highest BCUT2D eigenvalue weighted by molar-refractivity contribution is 5.77. The van der Waals surface area contributed by atoms with E-state index in [9.17, 15) is 4.79 Å². The Morgan fingerprint density at radius 2 is 1.87 bits per heavy atom. The third kappa shape index (κ3) is 1.14. The lowest BCUT2D eigenvalue weighted by molar-refractivity contribution is -0.147. The van der Waals surface area contributed by atoms with Gasteiger partial charge in [0.1, 0.15) is 6.10 Å². The Labute approximate surface area is 92.4 Å². The maximum atomic E-state index is 11.2. The zero-order chi connectivity index (χ0) is 11.2. The van der Waals surface area contributed by atoms with Gasteiger partial charge in [0.25, 0.3) is 0 Å². The van der Waals surface area contributed by atoms with Crippen LogP contribution in [0.25, 0.3) is 0 Å². The second kappa shape index (κ2) is 3.50. The van der Waals surface area contributed by atoms with Crippen molar-refractivity contribution in [2.75, 3.05) is 0 Å². The molecule has 15 heavy (non-hydrogen) atoms. The van der Waals surface area contributed by atoms with Crippen LogP contribution in [0.3, 0.4) is 0 Å². The van der Waals surface area contributed by atoms with Crippen molar-refractivity contribution in [3.8, 4) is 0 Å². The lowest BCUT2D eigenvalue weighted by Crippen LogP contribution is -2.40. The van der Waals surface area contributed by atoms with Crippen LogP contribution in [0.1, 0.15) is 47.0 Å². The molecule has 5 unspecified atom stereocenters. The molecule has 1 heterocycles. The first-order chi connectivity index (χ1) is 7.31. The SMILES string of the molecule is CC.CC.O=C1OC2CC34CC3CC1C24. The Morgan fingerprint density at radius 1 is 1.20 bits per heavy atom. The van der Waals surface area contributed by atoms with Gasteiger partial charge in [0.15, 0.2) is 0 Å². The lowest BCUT2D eigenvalue weighted by Gasteiger charge is -2.38. The number of esters is 1. The van der Waals surface area contributed by atoms with Gasteiger partial charge in [-0.15, -0.1) is 0 Å². The summed E-state index contributed by atoms with van der Waals surface area (Å²) in [6.07, 6.45) is 4.10. The van der Waals surface area contributed by atoms with E-state index in [0.29, 0.717) is 23.4 Å². The third-order valence-corrected chi connectivity index (χ3v) is 4.47. The van der Waals surface area contributed by atoms with E-state index in [1.54, 1.807) is 0 Å². The minimum absolute atomic E-state index is 0.115. The van der Waals surface area contributed by atoms with Gasteiger partial charge in [-0.25, -0.2) is 0 Å². The monoisotopic (exact) mass is 210 g/mol. The van der Waals surface area contributed by atoms with Crippen molar-refractivity contribution in [3.05, 3.63) is 0 Å². The fourth-order valence-corrected chi connectivity index (χ4v) is 3.93. The molecule has 1 saturated heterocycles. The smallest absolute Gasteiger partial charge is 0.309 e. The summed E-state index contributed by atoms with van der Waals surface area (Å²) in [6.45, 7) is 8.00. The second-order valence-electron chi connectivity index (χ2n) is 4.68. The van der Waals surface area contributed by atoms with E-state index in [0.717, 1.165) is 12.3 Å². The predicted octanol–water partition coefficient (Wildman–Crippen LogP) is 3.01. The number of rotatable bonds is 0. The van der Waals surface area contributed by atoms with Crippen molar-refractivity contribution in [2.45, 2.75) is 53.1 Å². The molecule has 0 aromatic heterocycles. The van der Waals surface area contributed by atoms with Crippen LogP contribution >= 0.6 is 0 Å². The molecule has 5 atom stereocenters. The van der Waals surface area contributed by atoms with E-state index < -0.39 is 0 Å². The van der Waals surface area contributed by atoms with Crippen LogP contribution < -0.4 is 0 Å². The minimum Gasteiger partial charge on any atom is -0.462 e. The molecular formula is C13H22O2. The molecule has 4 fully saturated rings. The summed E-state index contributed by atoms with van der Waals surface area (Å²) < 4.78 is 5.25. The molecule has 4 rings (SSSR count). The van der Waals surface area contributed by atoms with Crippen molar-refractivity contribution in [1.82, 2.24) is 0 Å². The summed E-state index contributed by atoms with van der Waals surface area (Å²) in [6, 6.07) is 0. The maximum absolute atomic E-state index is 11.2. The van der Waals surface area contributed by atoms with Crippen LogP contribution in [-0.4, -0.2) is 12.1 Å². The molecule has 0 bridgehead atoms. The number of ether oxygens (including phenoxy) is 1. The van der Waals surface area contributed by atoms with Crippen LogP contribution in [0.2, 0.25) is 0 Å². The highest BCUT2D eigenvalue weighted by Gasteiger charge is 2.79. The normalized spacial score (nSPS) is 50.8. The highest BCUT2D eigenvalue weighted by atomic mass is 16.6. The predicted molar refractivity (Wildman–Crippen MR) is 59.3 cm³/mol. The van der Waals surface area contributed by atoms with Crippen molar-refractivity contribution in [1.29, 1.82) is 0 Å². The molecular weight excluding hydrogens is 188 g/mol. The van der Waals surface area contributed by atoms with Crippen LogP contribution in [0.15, 0.2) is 0 Å². The number of carbonyl (C=O) groups excluding carboxylic acids is 1. The van der Waals surface area contributed by atoms with E-state index in [2.05, 4.69) is 0 Å². The van der Waals surface area contributed by atoms with E-state index in [-0.39, 0.29) is 5.97 Å². The van der Waals surface area contributed by atoms with Gasteiger partial charge in [-0.3, -0.25) is 4.79 Å². The highest BCUT2D eigenvalue weighted by Crippen LogP contribution is 2.80. The van der Waals surface area contributed by atoms with Gasteiger partial charge in [-0.1, -0.05) is 27.7 Å². The molecule has 0 aromatic carbocycles. The molecule has 3 saturated carbocycles. The third-order valence-electron chi connectivity index (χ3n) is 4.47. The standard InChI is InChI=1S/C9H10O2.2C2H6/c10-8-5-1-4-2-9(4)3-6(11-8)7(5)9;2*1-2/h4-7H,1-3H2;2*1-2H3. The molecule has 3 aliphatic carbocycles. The molecule has 86 valence electrons. The van der Waals surface area contributed by atoms with Crippen LogP contribution in [0, 0.1) is 23.2 Å². The van der Waals surface area contributed by atoms with E-state index >= 15 is 0 Å². The van der Waals surface area contributed by atoms with Gasteiger partial charge < -0.3 is 4.74 Å². The molecule has 0 amide bonds. The zero-order valence-corrected chi connectivity index (χ0v) is 10.2. The average Bonchev–Trinajstić information content (AvgIpc) is 2.82. The Bertz CT molecular complexity index is 274. The molecule has 0 N–H and O–H groups in total. The molecule has 0 aromatic rings. The first-order valence-electron chi connectivity index (χ1n) is 6.52. The number of carbonyl (C=O) groups is 1. The summed E-state index contributed by atoms with van der Waals surface area (Å²) in [5, 5.41) is 0. The van der Waals surface area contributed by atoms with E-state index in [1.807, 2.05) is 27.7 Å². The van der Waals surface area contributed by atoms with Crippen molar-refractivity contribution in [3.63, 3.8) is 0 Å². The Kier molecular flexibility index (Phi) is 2.56. The van der Waals surface area contributed by atoms with E-state index in [1.165, 1.54) is 12.8 Å². The Hall–Kier alpha value is -0.530. The van der Waals surface area contributed by atoms with Crippen LogP contribution in [0.5, 0.6) is 0 Å². The fraction of sp³-hybridized carbons (Fsp3) is 0.923. The van der Waals surface area contributed by atoms with Gasteiger partial charge in [-0.05, 0) is 30.6 Å². The summed E-state index contributed by atoms with van der Waals surface area (Å²) in [5.41, 5.74) is 0.640. The topological polar surface area (TPSA) is 26.3 Å². The lowest BCUT2D eigenvalue weighted by atomic mass is 9.67. The van der Waals surface area contributed by atoms with Crippen LogP contribution in [-0.2, 0) is 9.53 Å². The average molecular weight is 210 g/mol. The molecule has 1 spiro atoms. The second-order valence-corrected chi connectivity index (χ2v) is 4.68. The zero-order valence-electron chi connectivity index (χ0n) is 10.2. The summed E-state index contributed by atoms with van der Waals surface area (Å²) in [4.78, 5) is 11.2. The van der Waals surface area contributed by atoms with Gasteiger partial charge in [0.05, 0.1) is 5.92 Å². The molecule has 0 radical (unpaired) electrons.